The van der Waals surface area contributed by atoms with Crippen molar-refractivity contribution in [2.45, 2.75) is 23.5 Å². The van der Waals surface area contributed by atoms with Crippen molar-refractivity contribution in [3.05, 3.63) is 52.6 Å². The summed E-state index contributed by atoms with van der Waals surface area (Å²) in [5, 5.41) is 14.4. The molecule has 0 aliphatic carbocycles. The summed E-state index contributed by atoms with van der Waals surface area (Å²) in [6, 6.07) is 12.1. The molecule has 3 rings (SSSR count). The van der Waals surface area contributed by atoms with Gasteiger partial charge in [0, 0.05) is 28.8 Å². The maximum Gasteiger partial charge on any atom is 0.271 e. The number of hydrogen-bond acceptors (Lipinski definition) is 6. The maximum atomic E-state index is 12.9. The first-order valence-corrected chi connectivity index (χ1v) is 9.50. The van der Waals surface area contributed by atoms with Crippen LogP contribution in [0.4, 0.5) is 17.1 Å². The molecule has 0 radical (unpaired) electrons. The van der Waals surface area contributed by atoms with Crippen molar-refractivity contribution in [1.82, 2.24) is 0 Å². The number of non-ortho nitro benzene ring substituents is 1. The number of fused-ring (bicyclic) bond motifs is 1. The van der Waals surface area contributed by atoms with E-state index in [1.54, 1.807) is 16.7 Å². The van der Waals surface area contributed by atoms with Crippen molar-refractivity contribution in [2.24, 2.45) is 0 Å². The molecule has 1 unspecified atom stereocenters. The molecule has 7 nitrogen and oxygen atoms in total. The molecule has 27 heavy (non-hydrogen) atoms. The number of nitro groups is 1. The molecule has 2 aromatic carbocycles. The van der Waals surface area contributed by atoms with Crippen LogP contribution in [0.25, 0.3) is 0 Å². The van der Waals surface area contributed by atoms with Gasteiger partial charge in [0.25, 0.3) is 5.69 Å². The lowest BCUT2D eigenvalue weighted by Gasteiger charge is -2.23. The molecule has 0 fully saturated rings. The third-order valence-electron chi connectivity index (χ3n) is 4.37. The minimum Gasteiger partial charge on any atom is -0.495 e. The molecule has 8 heteroatoms. The Morgan fingerprint density at radius 3 is 2.89 bits per heavy atom. The van der Waals surface area contributed by atoms with Crippen LogP contribution in [0.5, 0.6) is 5.75 Å². The van der Waals surface area contributed by atoms with Gasteiger partial charge in [0.05, 0.1) is 30.0 Å². The fourth-order valence-corrected chi connectivity index (χ4v) is 4.07. The SMILES string of the molecule is COc1ccc([N+](=O)[O-])cc1NCC(=O)N1CCC(C)Sc2ccccc21. The standard InChI is InChI=1S/C19H21N3O4S/c1-13-9-10-21(16-5-3-4-6-18(16)27-13)19(23)12-20-15-11-14(22(24)25)7-8-17(15)26-2/h3-8,11,13,20H,9-10,12H2,1-2H3. The van der Waals surface area contributed by atoms with Crippen molar-refractivity contribution >= 4 is 34.7 Å². The molecule has 0 aromatic heterocycles. The Morgan fingerprint density at radius 2 is 2.15 bits per heavy atom. The van der Waals surface area contributed by atoms with Crippen LogP contribution in [-0.4, -0.2) is 36.3 Å². The lowest BCUT2D eigenvalue weighted by Crippen LogP contribution is -2.36. The van der Waals surface area contributed by atoms with E-state index in [0.29, 0.717) is 23.2 Å². The zero-order valence-corrected chi connectivity index (χ0v) is 16.0. The molecular weight excluding hydrogens is 366 g/mol. The number of carbonyl (C=O) groups is 1. The summed E-state index contributed by atoms with van der Waals surface area (Å²) in [4.78, 5) is 26.3. The summed E-state index contributed by atoms with van der Waals surface area (Å²) in [7, 11) is 1.48. The lowest BCUT2D eigenvalue weighted by atomic mass is 10.2. The van der Waals surface area contributed by atoms with Crippen LogP contribution in [0.2, 0.25) is 0 Å². The predicted molar refractivity (Wildman–Crippen MR) is 107 cm³/mol. The number of thioether (sulfide) groups is 1. The second-order valence-electron chi connectivity index (χ2n) is 6.23. The smallest absolute Gasteiger partial charge is 0.271 e. The van der Waals surface area contributed by atoms with E-state index in [0.717, 1.165) is 17.0 Å². The summed E-state index contributed by atoms with van der Waals surface area (Å²) < 4.78 is 5.23. The topological polar surface area (TPSA) is 84.7 Å². The van der Waals surface area contributed by atoms with E-state index in [9.17, 15) is 14.9 Å². The Balaban J connectivity index is 1.78. The summed E-state index contributed by atoms with van der Waals surface area (Å²) in [5.41, 5.74) is 1.27. The highest BCUT2D eigenvalue weighted by Crippen LogP contribution is 2.37. The minimum absolute atomic E-state index is 0.0188. The van der Waals surface area contributed by atoms with Crippen molar-refractivity contribution in [1.29, 1.82) is 0 Å². The van der Waals surface area contributed by atoms with Crippen LogP contribution in [-0.2, 0) is 4.79 Å². The number of rotatable bonds is 5. The van der Waals surface area contributed by atoms with E-state index in [1.165, 1.54) is 25.3 Å². The Labute approximate surface area is 161 Å². The van der Waals surface area contributed by atoms with Crippen LogP contribution in [0.3, 0.4) is 0 Å². The number of benzene rings is 2. The van der Waals surface area contributed by atoms with Gasteiger partial charge in [-0.15, -0.1) is 11.8 Å². The van der Waals surface area contributed by atoms with E-state index < -0.39 is 4.92 Å². The number of nitrogens with zero attached hydrogens (tertiary/aromatic N) is 2. The number of amides is 1. The summed E-state index contributed by atoms with van der Waals surface area (Å²) in [6.45, 7) is 2.81. The average Bonchev–Trinajstić information content (AvgIpc) is 2.84. The van der Waals surface area contributed by atoms with E-state index in [4.69, 9.17) is 4.74 Å². The van der Waals surface area contributed by atoms with E-state index in [2.05, 4.69) is 12.2 Å². The second kappa shape index (κ2) is 8.30. The fraction of sp³-hybridized carbons (Fsp3) is 0.316. The van der Waals surface area contributed by atoms with Gasteiger partial charge in [-0.1, -0.05) is 19.1 Å². The van der Waals surface area contributed by atoms with E-state index >= 15 is 0 Å². The molecule has 142 valence electrons. The summed E-state index contributed by atoms with van der Waals surface area (Å²) >= 11 is 1.77. The summed E-state index contributed by atoms with van der Waals surface area (Å²) in [5.74, 6) is 0.361. The Kier molecular flexibility index (Phi) is 5.85. The highest BCUT2D eigenvalue weighted by atomic mass is 32.2. The highest BCUT2D eigenvalue weighted by molar-refractivity contribution is 8.00. The van der Waals surface area contributed by atoms with Gasteiger partial charge in [-0.25, -0.2) is 0 Å². The largest absolute Gasteiger partial charge is 0.495 e. The number of para-hydroxylation sites is 1. The highest BCUT2D eigenvalue weighted by Gasteiger charge is 2.24. The van der Waals surface area contributed by atoms with Crippen molar-refractivity contribution in [3.8, 4) is 5.75 Å². The molecule has 0 bridgehead atoms. The molecule has 1 heterocycles. The summed E-state index contributed by atoms with van der Waals surface area (Å²) in [6.07, 6.45) is 0.894. The quantitative estimate of drug-likeness (QED) is 0.618. The van der Waals surface area contributed by atoms with E-state index in [-0.39, 0.29) is 18.1 Å². The zero-order chi connectivity index (χ0) is 19.4. The van der Waals surface area contributed by atoms with Gasteiger partial charge in [0.15, 0.2) is 0 Å². The van der Waals surface area contributed by atoms with Crippen LogP contribution < -0.4 is 15.0 Å². The van der Waals surface area contributed by atoms with Crippen LogP contribution >= 0.6 is 11.8 Å². The maximum absolute atomic E-state index is 12.9. The van der Waals surface area contributed by atoms with Gasteiger partial charge < -0.3 is 15.0 Å². The molecule has 1 atom stereocenters. The molecule has 0 saturated carbocycles. The number of hydrogen-bond donors (Lipinski definition) is 1. The third kappa shape index (κ3) is 4.33. The van der Waals surface area contributed by atoms with Crippen molar-refractivity contribution in [2.75, 3.05) is 30.4 Å². The number of nitro benzene ring substituents is 1. The monoisotopic (exact) mass is 387 g/mol. The Bertz CT molecular complexity index is 859. The molecule has 1 aliphatic rings. The van der Waals surface area contributed by atoms with Crippen molar-refractivity contribution in [3.63, 3.8) is 0 Å². The Hall–Kier alpha value is -2.74. The van der Waals surface area contributed by atoms with Gasteiger partial charge in [0.2, 0.25) is 5.91 Å². The fourth-order valence-electron chi connectivity index (χ4n) is 2.96. The average molecular weight is 387 g/mol. The van der Waals surface area contributed by atoms with E-state index in [1.807, 2.05) is 24.3 Å². The molecule has 0 spiro atoms. The number of anilines is 2. The molecule has 1 amide bonds. The van der Waals surface area contributed by atoms with Gasteiger partial charge in [-0.05, 0) is 24.6 Å². The van der Waals surface area contributed by atoms with Gasteiger partial charge >= 0.3 is 0 Å². The molecule has 0 saturated heterocycles. The first kappa shape index (κ1) is 19.0. The minimum atomic E-state index is -0.476. The number of methoxy groups -OCH3 is 1. The van der Waals surface area contributed by atoms with Crippen molar-refractivity contribution < 1.29 is 14.5 Å². The first-order chi connectivity index (χ1) is 13.0. The lowest BCUT2D eigenvalue weighted by molar-refractivity contribution is -0.384. The molecule has 2 aromatic rings. The predicted octanol–water partition coefficient (Wildman–Crippen LogP) is 3.93. The molecular formula is C19H21N3O4S. The molecule has 1 N–H and O–H groups in total. The Morgan fingerprint density at radius 1 is 1.37 bits per heavy atom. The second-order valence-corrected chi connectivity index (χ2v) is 7.71. The first-order valence-electron chi connectivity index (χ1n) is 8.62. The number of nitrogens with one attached hydrogen (secondary N) is 1. The van der Waals surface area contributed by atoms with Gasteiger partial charge in [-0.3, -0.25) is 14.9 Å². The molecule has 1 aliphatic heterocycles. The van der Waals surface area contributed by atoms with Gasteiger partial charge in [0.1, 0.15) is 5.75 Å². The zero-order valence-electron chi connectivity index (χ0n) is 15.2. The van der Waals surface area contributed by atoms with Gasteiger partial charge in [-0.2, -0.15) is 0 Å². The number of ether oxygens (including phenoxy) is 1. The third-order valence-corrected chi connectivity index (χ3v) is 5.61. The van der Waals surface area contributed by atoms with Crippen LogP contribution in [0, 0.1) is 10.1 Å². The van der Waals surface area contributed by atoms with Crippen LogP contribution in [0.15, 0.2) is 47.4 Å². The normalized spacial score (nSPS) is 16.2. The van der Waals surface area contributed by atoms with Crippen LogP contribution in [0.1, 0.15) is 13.3 Å². The number of carbonyl (C=O) groups excluding carboxylic acids is 1.